The van der Waals surface area contributed by atoms with Crippen LogP contribution in [-0.4, -0.2) is 30.4 Å². The van der Waals surface area contributed by atoms with Gasteiger partial charge in [-0.15, -0.1) is 0 Å². The zero-order valence-electron chi connectivity index (χ0n) is 8.32. The van der Waals surface area contributed by atoms with Gasteiger partial charge in [0.25, 0.3) is 0 Å². The fraction of sp³-hybridized carbons (Fsp3) is 0.625. The van der Waals surface area contributed by atoms with Gasteiger partial charge in [0.2, 0.25) is 5.78 Å². The number of hydrogen-bond donors (Lipinski definition) is 0. The first-order valence-electron chi connectivity index (χ1n) is 4.13. The van der Waals surface area contributed by atoms with Crippen LogP contribution in [0.4, 0.5) is 30.7 Å². The largest absolute Gasteiger partial charge is 0.501 e. The topological polar surface area (TPSA) is 26.3 Å². The molecule has 0 bridgehead atoms. The van der Waals surface area contributed by atoms with E-state index in [0.717, 1.165) is 0 Å². The predicted molar refractivity (Wildman–Crippen MR) is 41.7 cm³/mol. The predicted octanol–water partition coefficient (Wildman–Crippen LogP) is 2.94. The Hall–Kier alpha value is -1.28. The van der Waals surface area contributed by atoms with Crippen molar-refractivity contribution >= 4 is 5.78 Å². The number of allylic oxidation sites excluding steroid dienone is 1. The minimum atomic E-state index is -6.52. The summed E-state index contributed by atoms with van der Waals surface area (Å²) in [5.41, 5.74) is 0. The lowest BCUT2D eigenvalue weighted by atomic mass is 10.1. The third-order valence-corrected chi connectivity index (χ3v) is 1.54. The van der Waals surface area contributed by atoms with Crippen LogP contribution in [-0.2, 0) is 9.53 Å². The molecule has 0 amide bonds. The summed E-state index contributed by atoms with van der Waals surface area (Å²) in [4.78, 5) is 10.5. The molecule has 0 aliphatic heterocycles. The third-order valence-electron chi connectivity index (χ3n) is 1.54. The number of ether oxygens (including phenoxy) is 1. The van der Waals surface area contributed by atoms with Crippen LogP contribution in [0.3, 0.4) is 0 Å². The van der Waals surface area contributed by atoms with Crippen molar-refractivity contribution in [2.24, 2.45) is 0 Å². The molecule has 17 heavy (non-hydrogen) atoms. The number of rotatable bonds is 5. The number of ketones is 1. The summed E-state index contributed by atoms with van der Waals surface area (Å²) in [5, 5.41) is 0. The fourth-order valence-corrected chi connectivity index (χ4v) is 0.644. The van der Waals surface area contributed by atoms with E-state index in [0.29, 0.717) is 6.26 Å². The zero-order valence-corrected chi connectivity index (χ0v) is 8.32. The van der Waals surface area contributed by atoms with Crippen molar-refractivity contribution in [3.8, 4) is 0 Å². The molecule has 0 aliphatic rings. The summed E-state index contributed by atoms with van der Waals surface area (Å²) in [6.07, 6.45) is -6.38. The van der Waals surface area contributed by atoms with Gasteiger partial charge >= 0.3 is 18.0 Å². The van der Waals surface area contributed by atoms with E-state index in [9.17, 15) is 35.5 Å². The molecule has 0 saturated carbocycles. The maximum atomic E-state index is 12.6. The van der Waals surface area contributed by atoms with E-state index in [1.165, 1.54) is 6.92 Å². The highest BCUT2D eigenvalue weighted by atomic mass is 19.4. The smallest absolute Gasteiger partial charge is 0.460 e. The number of hydrogen-bond acceptors (Lipinski definition) is 2. The van der Waals surface area contributed by atoms with Gasteiger partial charge in [-0.1, -0.05) is 0 Å². The van der Waals surface area contributed by atoms with E-state index >= 15 is 0 Å². The van der Waals surface area contributed by atoms with E-state index in [4.69, 9.17) is 0 Å². The van der Waals surface area contributed by atoms with Gasteiger partial charge < -0.3 is 4.74 Å². The van der Waals surface area contributed by atoms with Crippen molar-refractivity contribution in [1.29, 1.82) is 0 Å². The Morgan fingerprint density at radius 2 is 1.59 bits per heavy atom. The Bertz CT molecular complexity index is 305. The molecule has 0 aromatic carbocycles. The number of carbonyl (C=O) groups is 1. The molecule has 0 heterocycles. The summed E-state index contributed by atoms with van der Waals surface area (Å²) in [7, 11) is 0. The molecular formula is C8H7F7O2. The van der Waals surface area contributed by atoms with Crippen LogP contribution in [0.25, 0.3) is 0 Å². The summed E-state index contributed by atoms with van der Waals surface area (Å²) in [6.45, 7) is 1.32. The Morgan fingerprint density at radius 3 is 1.94 bits per heavy atom. The van der Waals surface area contributed by atoms with Gasteiger partial charge in [-0.2, -0.15) is 30.7 Å². The highest BCUT2D eigenvalue weighted by Crippen LogP contribution is 2.46. The Balaban J connectivity index is 5.07. The first-order valence-corrected chi connectivity index (χ1v) is 4.13. The quantitative estimate of drug-likeness (QED) is 0.435. The summed E-state index contributed by atoms with van der Waals surface area (Å²) in [6, 6.07) is 0. The van der Waals surface area contributed by atoms with E-state index in [1.807, 2.05) is 0 Å². The molecule has 0 fully saturated rings. The molecule has 0 N–H and O–H groups in total. The summed E-state index contributed by atoms with van der Waals surface area (Å²) >= 11 is 0. The van der Waals surface area contributed by atoms with Gasteiger partial charge in [0, 0.05) is 6.08 Å². The maximum absolute atomic E-state index is 12.6. The molecule has 9 heteroatoms. The third kappa shape index (κ3) is 3.10. The fourth-order valence-electron chi connectivity index (χ4n) is 0.644. The zero-order chi connectivity index (χ0) is 13.9. The van der Waals surface area contributed by atoms with Gasteiger partial charge in [-0.3, -0.25) is 4.79 Å². The van der Waals surface area contributed by atoms with Gasteiger partial charge in [-0.05, 0) is 6.92 Å². The molecule has 0 unspecified atom stereocenters. The summed E-state index contributed by atoms with van der Waals surface area (Å²) in [5.74, 6) is -15.0. The second-order valence-corrected chi connectivity index (χ2v) is 2.77. The Labute approximate surface area is 91.0 Å². The van der Waals surface area contributed by atoms with Crippen molar-refractivity contribution in [3.63, 3.8) is 0 Å². The second-order valence-electron chi connectivity index (χ2n) is 2.77. The lowest BCUT2D eigenvalue weighted by Gasteiger charge is -2.25. The minimum Gasteiger partial charge on any atom is -0.501 e. The highest BCUT2D eigenvalue weighted by molar-refractivity contribution is 5.96. The molecule has 0 aliphatic carbocycles. The van der Waals surface area contributed by atoms with E-state index < -0.39 is 23.8 Å². The average Bonchev–Trinajstić information content (AvgIpc) is 2.15. The lowest BCUT2D eigenvalue weighted by Crippen LogP contribution is -2.55. The average molecular weight is 268 g/mol. The van der Waals surface area contributed by atoms with Crippen LogP contribution in [0, 0.1) is 0 Å². The van der Waals surface area contributed by atoms with Crippen molar-refractivity contribution in [2.45, 2.75) is 24.9 Å². The molecule has 0 radical (unpaired) electrons. The van der Waals surface area contributed by atoms with Gasteiger partial charge in [0.05, 0.1) is 12.9 Å². The molecule has 2 nitrogen and oxygen atoms in total. The molecule has 0 aromatic rings. The summed E-state index contributed by atoms with van der Waals surface area (Å²) < 4.78 is 88.9. The normalized spacial score (nSPS) is 14.1. The first-order chi connectivity index (χ1) is 7.48. The maximum Gasteiger partial charge on any atom is 0.460 e. The first kappa shape index (κ1) is 15.7. The van der Waals surface area contributed by atoms with Crippen molar-refractivity contribution < 1.29 is 40.3 Å². The van der Waals surface area contributed by atoms with Gasteiger partial charge in [0.1, 0.15) is 0 Å². The van der Waals surface area contributed by atoms with Gasteiger partial charge in [-0.25, -0.2) is 0 Å². The lowest BCUT2D eigenvalue weighted by molar-refractivity contribution is -0.342. The van der Waals surface area contributed by atoms with Crippen LogP contribution in [0.1, 0.15) is 6.92 Å². The molecule has 0 atom stereocenters. The van der Waals surface area contributed by atoms with Crippen LogP contribution in [0.2, 0.25) is 0 Å². The van der Waals surface area contributed by atoms with Crippen LogP contribution in [0.5, 0.6) is 0 Å². The van der Waals surface area contributed by atoms with E-state index in [-0.39, 0.29) is 12.7 Å². The standard InChI is InChI=1S/C8H7F7O2/c1-2-17-4-3-5(16)6(9,10)7(11,12)8(13,14)15/h3-4H,2H2,1H3/b4-3+. The monoisotopic (exact) mass is 268 g/mol. The van der Waals surface area contributed by atoms with Gasteiger partial charge in [0.15, 0.2) is 0 Å². The van der Waals surface area contributed by atoms with Crippen LogP contribution >= 0.6 is 0 Å². The van der Waals surface area contributed by atoms with Crippen LogP contribution in [0.15, 0.2) is 12.3 Å². The molecule has 100 valence electrons. The van der Waals surface area contributed by atoms with Crippen molar-refractivity contribution in [3.05, 3.63) is 12.3 Å². The Kier molecular flexibility index (Phi) is 4.55. The second kappa shape index (κ2) is 4.92. The molecule has 0 spiro atoms. The molecule has 0 saturated heterocycles. The SMILES string of the molecule is CCO/C=C/C(=O)C(F)(F)C(F)(F)C(F)(F)F. The molecular weight excluding hydrogens is 261 g/mol. The minimum absolute atomic E-state index is 0.0645. The molecule has 0 aromatic heterocycles. The van der Waals surface area contributed by atoms with E-state index in [2.05, 4.69) is 4.74 Å². The van der Waals surface area contributed by atoms with Crippen LogP contribution < -0.4 is 0 Å². The highest BCUT2D eigenvalue weighted by Gasteiger charge is 2.75. The molecule has 0 rings (SSSR count). The van der Waals surface area contributed by atoms with Crippen molar-refractivity contribution in [2.75, 3.05) is 6.61 Å². The Morgan fingerprint density at radius 1 is 1.12 bits per heavy atom. The number of carbonyl (C=O) groups excluding carboxylic acids is 1. The van der Waals surface area contributed by atoms with Crippen molar-refractivity contribution in [1.82, 2.24) is 0 Å². The number of halogens is 7. The number of alkyl halides is 7. The van der Waals surface area contributed by atoms with E-state index in [1.54, 1.807) is 0 Å².